The summed E-state index contributed by atoms with van der Waals surface area (Å²) in [5.41, 5.74) is 1.81. The Labute approximate surface area is 115 Å². The number of aliphatic carboxylic acids is 1. The molecule has 1 aromatic carbocycles. The highest BCUT2D eigenvalue weighted by Gasteiger charge is 2.37. The number of carbonyl (C=O) groups is 1. The second-order valence-corrected chi connectivity index (χ2v) is 4.39. The zero-order valence-electron chi connectivity index (χ0n) is 10.4. The molecular weight excluding hydrogens is 304 g/mol. The summed E-state index contributed by atoms with van der Waals surface area (Å²) in [5, 5.41) is 8.77. The topological polar surface area (TPSA) is 63.3 Å². The fourth-order valence-corrected chi connectivity index (χ4v) is 1.69. The van der Waals surface area contributed by atoms with Gasteiger partial charge >= 0.3 is 18.3 Å². The monoisotopic (exact) mass is 315 g/mol. The summed E-state index contributed by atoms with van der Waals surface area (Å²) in [6, 6.07) is 0.989. The highest BCUT2D eigenvalue weighted by Crippen LogP contribution is 2.36. The Morgan fingerprint density at radius 3 is 1.76 bits per heavy atom. The quantitative estimate of drug-likeness (QED) is 0.840. The molecule has 1 atom stereocenters. The number of alkyl halides is 6. The van der Waals surface area contributed by atoms with Crippen molar-refractivity contribution in [1.29, 1.82) is 0 Å². The van der Waals surface area contributed by atoms with Crippen LogP contribution in [-0.4, -0.2) is 17.6 Å². The SMILES string of the molecule is NC[C@H](Cc1cc(C(F)(F)F)cc(C(F)(F)F)c1)C(=O)O. The average Bonchev–Trinajstić information content (AvgIpc) is 2.33. The van der Waals surface area contributed by atoms with Gasteiger partial charge in [0.2, 0.25) is 0 Å². The summed E-state index contributed by atoms with van der Waals surface area (Å²) >= 11 is 0. The lowest BCUT2D eigenvalue weighted by Crippen LogP contribution is -2.25. The van der Waals surface area contributed by atoms with Gasteiger partial charge in [0.1, 0.15) is 0 Å². The van der Waals surface area contributed by atoms with E-state index in [4.69, 9.17) is 10.8 Å². The molecule has 9 heteroatoms. The van der Waals surface area contributed by atoms with Crippen molar-refractivity contribution < 1.29 is 36.2 Å². The number of hydrogen-bond donors (Lipinski definition) is 2. The van der Waals surface area contributed by atoms with Crippen molar-refractivity contribution in [2.75, 3.05) is 6.54 Å². The molecule has 0 bridgehead atoms. The van der Waals surface area contributed by atoms with Crippen LogP contribution >= 0.6 is 0 Å². The van der Waals surface area contributed by atoms with Gasteiger partial charge in [0.05, 0.1) is 17.0 Å². The number of rotatable bonds is 4. The molecule has 1 rings (SSSR count). The first-order chi connectivity index (χ1) is 9.45. The molecule has 21 heavy (non-hydrogen) atoms. The van der Waals surface area contributed by atoms with Gasteiger partial charge in [0, 0.05) is 6.54 Å². The fraction of sp³-hybridized carbons (Fsp3) is 0.417. The van der Waals surface area contributed by atoms with E-state index in [0.29, 0.717) is 12.1 Å². The van der Waals surface area contributed by atoms with E-state index in [1.54, 1.807) is 0 Å². The molecule has 0 amide bonds. The van der Waals surface area contributed by atoms with Gasteiger partial charge in [0.25, 0.3) is 0 Å². The molecule has 1 aromatic rings. The van der Waals surface area contributed by atoms with Gasteiger partial charge in [-0.05, 0) is 30.2 Å². The van der Waals surface area contributed by atoms with Gasteiger partial charge in [-0.1, -0.05) is 0 Å². The number of benzene rings is 1. The minimum atomic E-state index is -4.96. The molecule has 0 heterocycles. The zero-order chi connectivity index (χ0) is 16.4. The normalized spacial score (nSPS) is 14.0. The summed E-state index contributed by atoms with van der Waals surface area (Å²) < 4.78 is 75.6. The Balaban J connectivity index is 3.29. The third kappa shape index (κ3) is 4.62. The maximum Gasteiger partial charge on any atom is 0.416 e. The van der Waals surface area contributed by atoms with Crippen LogP contribution in [0.4, 0.5) is 26.3 Å². The molecule has 0 saturated carbocycles. The van der Waals surface area contributed by atoms with Crippen LogP contribution in [0.5, 0.6) is 0 Å². The summed E-state index contributed by atoms with van der Waals surface area (Å²) in [4.78, 5) is 10.8. The lowest BCUT2D eigenvalue weighted by Gasteiger charge is -2.16. The zero-order valence-corrected chi connectivity index (χ0v) is 10.4. The molecule has 0 aliphatic carbocycles. The largest absolute Gasteiger partial charge is 0.481 e. The predicted octanol–water partition coefficient (Wildman–Crippen LogP) is 2.93. The lowest BCUT2D eigenvalue weighted by molar-refractivity contribution is -0.143. The maximum absolute atomic E-state index is 12.6. The van der Waals surface area contributed by atoms with Crippen molar-refractivity contribution in [2.45, 2.75) is 18.8 Å². The summed E-state index contributed by atoms with van der Waals surface area (Å²) in [7, 11) is 0. The van der Waals surface area contributed by atoms with Crippen LogP contribution in [0.15, 0.2) is 18.2 Å². The predicted molar refractivity (Wildman–Crippen MR) is 60.3 cm³/mol. The summed E-state index contributed by atoms with van der Waals surface area (Å²) in [6.45, 7) is -0.396. The minimum absolute atomic E-state index is 0.0122. The van der Waals surface area contributed by atoms with Crippen molar-refractivity contribution in [3.63, 3.8) is 0 Å². The molecule has 0 aromatic heterocycles. The number of hydrogen-bond acceptors (Lipinski definition) is 2. The number of halogens is 6. The number of carboxylic acid groups (broad SMARTS) is 1. The highest BCUT2D eigenvalue weighted by molar-refractivity contribution is 5.70. The third-order valence-corrected chi connectivity index (χ3v) is 2.76. The van der Waals surface area contributed by atoms with Crippen molar-refractivity contribution in [3.05, 3.63) is 34.9 Å². The maximum atomic E-state index is 12.6. The number of carboxylic acids is 1. The standard InChI is InChI=1S/C12H11F6NO2/c13-11(14,15)8-2-6(1-7(5-19)10(20)21)3-9(4-8)12(16,17)18/h2-4,7H,1,5,19H2,(H,20,21)/t7-/m0/s1. The van der Waals surface area contributed by atoms with E-state index in [9.17, 15) is 31.1 Å². The van der Waals surface area contributed by atoms with Crippen LogP contribution in [0.2, 0.25) is 0 Å². The number of nitrogens with two attached hydrogens (primary N) is 1. The van der Waals surface area contributed by atoms with Crippen LogP contribution in [0.25, 0.3) is 0 Å². The van der Waals surface area contributed by atoms with Crippen LogP contribution in [0, 0.1) is 5.92 Å². The van der Waals surface area contributed by atoms with Gasteiger partial charge in [0.15, 0.2) is 0 Å². The second kappa shape index (κ2) is 5.92. The van der Waals surface area contributed by atoms with Crippen molar-refractivity contribution in [3.8, 4) is 0 Å². The first-order valence-corrected chi connectivity index (χ1v) is 5.66. The fourth-order valence-electron chi connectivity index (χ4n) is 1.69. The van der Waals surface area contributed by atoms with Crippen LogP contribution in [-0.2, 0) is 23.6 Å². The van der Waals surface area contributed by atoms with E-state index >= 15 is 0 Å². The van der Waals surface area contributed by atoms with Gasteiger partial charge in [-0.15, -0.1) is 0 Å². The summed E-state index contributed by atoms with van der Waals surface area (Å²) in [6.07, 6.45) is -10.4. The molecule has 0 radical (unpaired) electrons. The first-order valence-electron chi connectivity index (χ1n) is 5.66. The smallest absolute Gasteiger partial charge is 0.416 e. The lowest BCUT2D eigenvalue weighted by atomic mass is 9.96. The summed E-state index contributed by atoms with van der Waals surface area (Å²) in [5.74, 6) is -2.64. The minimum Gasteiger partial charge on any atom is -0.481 e. The van der Waals surface area contributed by atoms with Crippen molar-refractivity contribution >= 4 is 5.97 Å². The van der Waals surface area contributed by atoms with Gasteiger partial charge < -0.3 is 10.8 Å². The molecule has 118 valence electrons. The van der Waals surface area contributed by atoms with E-state index < -0.39 is 48.3 Å². The van der Waals surface area contributed by atoms with Crippen LogP contribution < -0.4 is 5.73 Å². The molecule has 3 N–H and O–H groups in total. The van der Waals surface area contributed by atoms with E-state index in [-0.39, 0.29) is 11.6 Å². The molecule has 0 spiro atoms. The Morgan fingerprint density at radius 2 is 1.48 bits per heavy atom. The van der Waals surface area contributed by atoms with E-state index in [1.165, 1.54) is 0 Å². The average molecular weight is 315 g/mol. The second-order valence-electron chi connectivity index (χ2n) is 4.39. The molecule has 0 aliphatic heterocycles. The third-order valence-electron chi connectivity index (χ3n) is 2.76. The van der Waals surface area contributed by atoms with Crippen molar-refractivity contribution in [1.82, 2.24) is 0 Å². The first kappa shape index (κ1) is 17.3. The van der Waals surface area contributed by atoms with Gasteiger partial charge in [-0.25, -0.2) is 0 Å². The van der Waals surface area contributed by atoms with Gasteiger partial charge in [-0.2, -0.15) is 26.3 Å². The van der Waals surface area contributed by atoms with E-state index in [2.05, 4.69) is 0 Å². The molecule has 3 nitrogen and oxygen atoms in total. The Kier molecular flexibility index (Phi) is 4.87. The van der Waals surface area contributed by atoms with Crippen LogP contribution in [0.3, 0.4) is 0 Å². The molecular formula is C12H11F6NO2. The van der Waals surface area contributed by atoms with Crippen molar-refractivity contribution in [2.24, 2.45) is 11.7 Å². The Hall–Kier alpha value is -1.77. The Morgan fingerprint density at radius 1 is 1.05 bits per heavy atom. The Bertz CT molecular complexity index is 491. The van der Waals surface area contributed by atoms with E-state index in [0.717, 1.165) is 0 Å². The van der Waals surface area contributed by atoms with E-state index in [1.807, 2.05) is 0 Å². The van der Waals surface area contributed by atoms with Crippen LogP contribution in [0.1, 0.15) is 16.7 Å². The van der Waals surface area contributed by atoms with Gasteiger partial charge in [-0.3, -0.25) is 4.79 Å². The molecule has 0 saturated heterocycles. The molecule has 0 unspecified atom stereocenters. The molecule has 0 fully saturated rings. The highest BCUT2D eigenvalue weighted by atomic mass is 19.4. The molecule has 0 aliphatic rings.